The first kappa shape index (κ1) is 15.4. The van der Waals surface area contributed by atoms with Gasteiger partial charge in [0.25, 0.3) is 0 Å². The summed E-state index contributed by atoms with van der Waals surface area (Å²) >= 11 is 0. The van der Waals surface area contributed by atoms with E-state index in [-0.39, 0.29) is 23.5 Å². The Bertz CT molecular complexity index is 311. The van der Waals surface area contributed by atoms with Gasteiger partial charge < -0.3 is 4.74 Å². The summed E-state index contributed by atoms with van der Waals surface area (Å²) in [6.45, 7) is 6.33. The first-order valence-electron chi connectivity index (χ1n) is 5.34. The third kappa shape index (κ3) is 5.46. The molecule has 96 valence electrons. The molecule has 0 heterocycles. The SMILES string of the molecule is CCN(CCS(=O)(=O)C(C)C)CC(=O)OC. The van der Waals surface area contributed by atoms with Crippen LogP contribution in [0.15, 0.2) is 0 Å². The van der Waals surface area contributed by atoms with Crippen LogP contribution in [-0.4, -0.2) is 57.0 Å². The smallest absolute Gasteiger partial charge is 0.319 e. The Morgan fingerprint density at radius 3 is 2.31 bits per heavy atom. The van der Waals surface area contributed by atoms with E-state index in [0.29, 0.717) is 13.1 Å². The minimum atomic E-state index is -3.04. The predicted octanol–water partition coefficient (Wildman–Crippen LogP) is 0.305. The Hall–Kier alpha value is -0.620. The summed E-state index contributed by atoms with van der Waals surface area (Å²) in [5.74, 6) is -0.265. The van der Waals surface area contributed by atoms with Crippen molar-refractivity contribution in [2.45, 2.75) is 26.0 Å². The van der Waals surface area contributed by atoms with Gasteiger partial charge in [-0.15, -0.1) is 0 Å². The maximum atomic E-state index is 11.6. The molecule has 0 radical (unpaired) electrons. The fraction of sp³-hybridized carbons (Fsp3) is 0.900. The van der Waals surface area contributed by atoms with Crippen LogP contribution in [-0.2, 0) is 19.4 Å². The Morgan fingerprint density at radius 1 is 1.38 bits per heavy atom. The number of likely N-dealkylation sites (N-methyl/N-ethyl adjacent to an activating group) is 1. The largest absolute Gasteiger partial charge is 0.468 e. The molecule has 0 N–H and O–H groups in total. The van der Waals surface area contributed by atoms with Gasteiger partial charge in [-0.2, -0.15) is 0 Å². The number of methoxy groups -OCH3 is 1. The molecular formula is C10H21NO4S. The molecule has 0 aliphatic carbocycles. The summed E-state index contributed by atoms with van der Waals surface area (Å²) in [4.78, 5) is 12.8. The van der Waals surface area contributed by atoms with Gasteiger partial charge in [0.05, 0.1) is 24.7 Å². The second kappa shape index (κ2) is 6.85. The lowest BCUT2D eigenvalue weighted by Crippen LogP contribution is -2.35. The minimum Gasteiger partial charge on any atom is -0.468 e. The molecule has 0 spiro atoms. The van der Waals surface area contributed by atoms with Crippen molar-refractivity contribution in [3.05, 3.63) is 0 Å². The summed E-state index contributed by atoms with van der Waals surface area (Å²) in [6, 6.07) is 0. The fourth-order valence-corrected chi connectivity index (χ4v) is 2.07. The molecule has 5 nitrogen and oxygen atoms in total. The van der Waals surface area contributed by atoms with E-state index < -0.39 is 9.84 Å². The molecule has 0 rings (SSSR count). The third-order valence-corrected chi connectivity index (χ3v) is 4.63. The van der Waals surface area contributed by atoms with E-state index in [4.69, 9.17) is 0 Å². The van der Waals surface area contributed by atoms with E-state index in [1.165, 1.54) is 7.11 Å². The summed E-state index contributed by atoms with van der Waals surface area (Å²) in [7, 11) is -1.72. The van der Waals surface area contributed by atoms with E-state index in [1.807, 2.05) is 6.92 Å². The lowest BCUT2D eigenvalue weighted by atomic mass is 10.5. The topological polar surface area (TPSA) is 63.7 Å². The van der Waals surface area contributed by atoms with Crippen LogP contribution in [0.3, 0.4) is 0 Å². The number of nitrogens with zero attached hydrogens (tertiary/aromatic N) is 1. The molecule has 0 aliphatic heterocycles. The predicted molar refractivity (Wildman–Crippen MR) is 63.1 cm³/mol. The van der Waals surface area contributed by atoms with Gasteiger partial charge in [-0.3, -0.25) is 9.69 Å². The van der Waals surface area contributed by atoms with Crippen molar-refractivity contribution in [3.8, 4) is 0 Å². The van der Waals surface area contributed by atoms with Crippen LogP contribution in [0.5, 0.6) is 0 Å². The van der Waals surface area contributed by atoms with Crippen LogP contribution in [0, 0.1) is 0 Å². The maximum Gasteiger partial charge on any atom is 0.319 e. The molecule has 0 fully saturated rings. The summed E-state index contributed by atoms with van der Waals surface area (Å²) in [5, 5.41) is -0.371. The van der Waals surface area contributed by atoms with Gasteiger partial charge >= 0.3 is 5.97 Å². The van der Waals surface area contributed by atoms with Gasteiger partial charge in [-0.25, -0.2) is 8.42 Å². The molecule has 0 bridgehead atoms. The normalized spacial score (nSPS) is 12.1. The number of carbonyl (C=O) groups is 1. The summed E-state index contributed by atoms with van der Waals surface area (Å²) < 4.78 is 27.7. The average molecular weight is 251 g/mol. The molecule has 0 saturated heterocycles. The van der Waals surface area contributed by atoms with E-state index in [0.717, 1.165) is 0 Å². The van der Waals surface area contributed by atoms with E-state index >= 15 is 0 Å². The second-order valence-electron chi connectivity index (χ2n) is 3.86. The van der Waals surface area contributed by atoms with Crippen molar-refractivity contribution in [1.82, 2.24) is 4.90 Å². The minimum absolute atomic E-state index is 0.0789. The highest BCUT2D eigenvalue weighted by Crippen LogP contribution is 2.01. The Balaban J connectivity index is 4.21. The lowest BCUT2D eigenvalue weighted by molar-refractivity contribution is -0.141. The van der Waals surface area contributed by atoms with E-state index in [2.05, 4.69) is 4.74 Å². The van der Waals surface area contributed by atoms with Crippen molar-refractivity contribution >= 4 is 15.8 Å². The third-order valence-electron chi connectivity index (χ3n) is 2.44. The molecule has 0 unspecified atom stereocenters. The van der Waals surface area contributed by atoms with Crippen LogP contribution in [0.25, 0.3) is 0 Å². The Morgan fingerprint density at radius 2 is 1.94 bits per heavy atom. The van der Waals surface area contributed by atoms with Crippen LogP contribution in [0.1, 0.15) is 20.8 Å². The molecule has 0 aliphatic rings. The van der Waals surface area contributed by atoms with Crippen molar-refractivity contribution in [3.63, 3.8) is 0 Å². The Labute approximate surface area is 97.7 Å². The molecule has 0 atom stereocenters. The number of carbonyl (C=O) groups excluding carboxylic acids is 1. The van der Waals surface area contributed by atoms with E-state index in [9.17, 15) is 13.2 Å². The molecule has 0 amide bonds. The fourth-order valence-electron chi connectivity index (χ4n) is 1.09. The zero-order chi connectivity index (χ0) is 12.8. The van der Waals surface area contributed by atoms with E-state index in [1.54, 1.807) is 18.7 Å². The first-order chi connectivity index (χ1) is 7.33. The molecule has 16 heavy (non-hydrogen) atoms. The molecule has 6 heteroatoms. The molecule has 0 aromatic carbocycles. The standard InChI is InChI=1S/C10H21NO4S/c1-5-11(8-10(12)15-4)6-7-16(13,14)9(2)3/h9H,5-8H2,1-4H3. The van der Waals surface area contributed by atoms with Crippen LogP contribution in [0.2, 0.25) is 0 Å². The van der Waals surface area contributed by atoms with Crippen LogP contribution < -0.4 is 0 Å². The molecule has 0 aromatic heterocycles. The number of rotatable bonds is 7. The first-order valence-corrected chi connectivity index (χ1v) is 7.05. The Kier molecular flexibility index (Phi) is 6.59. The molecular weight excluding hydrogens is 230 g/mol. The number of sulfone groups is 1. The number of ether oxygens (including phenoxy) is 1. The zero-order valence-electron chi connectivity index (χ0n) is 10.4. The highest BCUT2D eigenvalue weighted by atomic mass is 32.2. The summed E-state index contributed by atoms with van der Waals surface area (Å²) in [6.07, 6.45) is 0. The monoisotopic (exact) mass is 251 g/mol. The van der Waals surface area contributed by atoms with Gasteiger partial charge in [0, 0.05) is 6.54 Å². The van der Waals surface area contributed by atoms with Gasteiger partial charge in [-0.1, -0.05) is 6.92 Å². The average Bonchev–Trinajstić information content (AvgIpc) is 2.23. The van der Waals surface area contributed by atoms with Crippen molar-refractivity contribution in [2.75, 3.05) is 32.5 Å². The van der Waals surface area contributed by atoms with Gasteiger partial charge in [-0.05, 0) is 20.4 Å². The van der Waals surface area contributed by atoms with Gasteiger partial charge in [0.15, 0.2) is 9.84 Å². The number of hydrogen-bond donors (Lipinski definition) is 0. The molecule has 0 aromatic rings. The highest BCUT2D eigenvalue weighted by molar-refractivity contribution is 7.92. The van der Waals surface area contributed by atoms with Crippen molar-refractivity contribution < 1.29 is 17.9 Å². The zero-order valence-corrected chi connectivity index (χ0v) is 11.2. The highest BCUT2D eigenvalue weighted by Gasteiger charge is 2.18. The van der Waals surface area contributed by atoms with Crippen LogP contribution >= 0.6 is 0 Å². The second-order valence-corrected chi connectivity index (χ2v) is 6.54. The lowest BCUT2D eigenvalue weighted by Gasteiger charge is -2.19. The quantitative estimate of drug-likeness (QED) is 0.609. The van der Waals surface area contributed by atoms with Gasteiger partial charge in [0.1, 0.15) is 0 Å². The maximum absolute atomic E-state index is 11.6. The number of hydrogen-bond acceptors (Lipinski definition) is 5. The number of esters is 1. The van der Waals surface area contributed by atoms with Crippen LogP contribution in [0.4, 0.5) is 0 Å². The van der Waals surface area contributed by atoms with Crippen molar-refractivity contribution in [2.24, 2.45) is 0 Å². The van der Waals surface area contributed by atoms with Crippen molar-refractivity contribution in [1.29, 1.82) is 0 Å². The van der Waals surface area contributed by atoms with Gasteiger partial charge in [0.2, 0.25) is 0 Å². The summed E-state index contributed by atoms with van der Waals surface area (Å²) in [5.41, 5.74) is 0. The molecule has 0 saturated carbocycles.